The van der Waals surface area contributed by atoms with E-state index in [1.54, 1.807) is 17.8 Å². The van der Waals surface area contributed by atoms with Crippen molar-refractivity contribution in [3.63, 3.8) is 0 Å². The minimum atomic E-state index is -0.261. The molecular weight excluding hydrogens is 256 g/mol. The van der Waals surface area contributed by atoms with Crippen molar-refractivity contribution in [1.82, 2.24) is 5.43 Å². The van der Waals surface area contributed by atoms with E-state index in [1.165, 1.54) is 10.5 Å². The second-order valence-corrected chi connectivity index (χ2v) is 5.25. The summed E-state index contributed by atoms with van der Waals surface area (Å²) in [7, 11) is 0. The maximum atomic E-state index is 11.5. The molecule has 0 aliphatic carbocycles. The molecule has 0 saturated heterocycles. The van der Waals surface area contributed by atoms with Crippen LogP contribution in [0, 0.1) is 6.92 Å². The fraction of sp³-hybridized carbons (Fsp3) is 0.133. The normalized spacial score (nSPS) is 10.2. The Morgan fingerprint density at radius 1 is 1.21 bits per heavy atom. The number of nitrogen functional groups attached to an aromatic ring is 1. The first kappa shape index (κ1) is 13.6. The zero-order valence-electron chi connectivity index (χ0n) is 10.7. The van der Waals surface area contributed by atoms with E-state index >= 15 is 0 Å². The molecule has 0 spiro atoms. The van der Waals surface area contributed by atoms with Crippen molar-refractivity contribution in [2.24, 2.45) is 5.84 Å². The number of nitrogens with one attached hydrogen (secondary N) is 1. The van der Waals surface area contributed by atoms with Crippen LogP contribution in [0.2, 0.25) is 0 Å². The van der Waals surface area contributed by atoms with E-state index in [1.807, 2.05) is 30.3 Å². The van der Waals surface area contributed by atoms with E-state index in [4.69, 9.17) is 5.84 Å². The van der Waals surface area contributed by atoms with Crippen LogP contribution in [0.25, 0.3) is 0 Å². The van der Waals surface area contributed by atoms with Gasteiger partial charge < -0.3 is 0 Å². The van der Waals surface area contributed by atoms with E-state index in [2.05, 4.69) is 24.5 Å². The number of nitrogens with two attached hydrogens (primary N) is 1. The molecule has 0 heterocycles. The van der Waals surface area contributed by atoms with Crippen molar-refractivity contribution in [3.8, 4) is 0 Å². The Morgan fingerprint density at radius 2 is 2.00 bits per heavy atom. The van der Waals surface area contributed by atoms with Gasteiger partial charge in [0.1, 0.15) is 0 Å². The predicted molar refractivity (Wildman–Crippen MR) is 78.8 cm³/mol. The Balaban J connectivity index is 2.08. The lowest BCUT2D eigenvalue weighted by molar-refractivity contribution is 0.0953. The topological polar surface area (TPSA) is 55.1 Å². The van der Waals surface area contributed by atoms with Crippen molar-refractivity contribution in [1.29, 1.82) is 0 Å². The second-order valence-electron chi connectivity index (χ2n) is 4.23. The third-order valence-electron chi connectivity index (χ3n) is 2.81. The van der Waals surface area contributed by atoms with Gasteiger partial charge in [-0.2, -0.15) is 0 Å². The van der Waals surface area contributed by atoms with Crippen LogP contribution in [0.5, 0.6) is 0 Å². The Labute approximate surface area is 117 Å². The number of carbonyl (C=O) groups is 1. The highest BCUT2D eigenvalue weighted by atomic mass is 32.2. The molecule has 0 aliphatic heterocycles. The third-order valence-corrected chi connectivity index (χ3v) is 4.05. The van der Waals surface area contributed by atoms with Crippen LogP contribution in [0.4, 0.5) is 0 Å². The fourth-order valence-corrected chi connectivity index (χ4v) is 2.74. The molecule has 0 radical (unpaired) electrons. The summed E-state index contributed by atoms with van der Waals surface area (Å²) < 4.78 is 0. The van der Waals surface area contributed by atoms with E-state index < -0.39 is 0 Å². The minimum absolute atomic E-state index is 0.261. The molecule has 2 aromatic rings. The summed E-state index contributed by atoms with van der Waals surface area (Å²) in [6, 6.07) is 15.8. The van der Waals surface area contributed by atoms with Gasteiger partial charge in [-0.3, -0.25) is 10.2 Å². The molecule has 98 valence electrons. The monoisotopic (exact) mass is 272 g/mol. The fourth-order valence-electron chi connectivity index (χ4n) is 1.77. The quantitative estimate of drug-likeness (QED) is 0.389. The summed E-state index contributed by atoms with van der Waals surface area (Å²) in [5.74, 6) is 5.70. The number of amides is 1. The lowest BCUT2D eigenvalue weighted by atomic mass is 10.1. The molecule has 2 aromatic carbocycles. The van der Waals surface area contributed by atoms with Gasteiger partial charge in [-0.1, -0.05) is 30.3 Å². The summed E-state index contributed by atoms with van der Waals surface area (Å²) in [5, 5.41) is 0. The van der Waals surface area contributed by atoms with Crippen molar-refractivity contribution in [2.45, 2.75) is 17.6 Å². The van der Waals surface area contributed by atoms with E-state index in [0.29, 0.717) is 5.56 Å². The van der Waals surface area contributed by atoms with Crippen LogP contribution >= 0.6 is 11.8 Å². The highest BCUT2D eigenvalue weighted by Crippen LogP contribution is 2.25. The number of hydrogen-bond acceptors (Lipinski definition) is 3. The third kappa shape index (κ3) is 3.59. The molecule has 3 nitrogen and oxygen atoms in total. The Morgan fingerprint density at radius 3 is 2.74 bits per heavy atom. The summed E-state index contributed by atoms with van der Waals surface area (Å²) in [6.45, 7) is 2.10. The van der Waals surface area contributed by atoms with Gasteiger partial charge in [0.15, 0.2) is 0 Å². The molecule has 19 heavy (non-hydrogen) atoms. The van der Waals surface area contributed by atoms with Crippen LogP contribution in [0.15, 0.2) is 53.4 Å². The van der Waals surface area contributed by atoms with Crippen LogP contribution in [-0.4, -0.2) is 5.91 Å². The smallest absolute Gasteiger partial charge is 0.265 e. The number of carbonyl (C=O) groups excluding carboxylic acids is 1. The number of rotatable bonds is 4. The molecule has 0 saturated carbocycles. The number of hydrazine groups is 1. The van der Waals surface area contributed by atoms with Crippen molar-refractivity contribution in [3.05, 3.63) is 65.2 Å². The Hall–Kier alpha value is -1.78. The molecule has 1 amide bonds. The SMILES string of the molecule is Cc1ccccc1SCc1cccc(C(=O)NN)c1. The molecule has 0 bridgehead atoms. The lowest BCUT2D eigenvalue weighted by Crippen LogP contribution is -2.29. The summed E-state index contributed by atoms with van der Waals surface area (Å²) in [5.41, 5.74) is 5.11. The molecule has 4 heteroatoms. The average Bonchev–Trinajstić information content (AvgIpc) is 2.46. The number of benzene rings is 2. The van der Waals surface area contributed by atoms with Crippen molar-refractivity contribution < 1.29 is 4.79 Å². The largest absolute Gasteiger partial charge is 0.290 e. The Bertz CT molecular complexity index is 584. The van der Waals surface area contributed by atoms with Gasteiger partial charge in [-0.15, -0.1) is 11.8 Å². The second kappa shape index (κ2) is 6.41. The zero-order chi connectivity index (χ0) is 13.7. The van der Waals surface area contributed by atoms with E-state index in [9.17, 15) is 4.79 Å². The zero-order valence-corrected chi connectivity index (χ0v) is 11.5. The number of aryl methyl sites for hydroxylation is 1. The number of hydrogen-bond donors (Lipinski definition) is 2. The van der Waals surface area contributed by atoms with Crippen LogP contribution in [-0.2, 0) is 5.75 Å². The van der Waals surface area contributed by atoms with Gasteiger partial charge in [0, 0.05) is 16.2 Å². The summed E-state index contributed by atoms with van der Waals surface area (Å²) >= 11 is 1.77. The molecule has 0 atom stereocenters. The van der Waals surface area contributed by atoms with Crippen LogP contribution in [0.1, 0.15) is 21.5 Å². The average molecular weight is 272 g/mol. The van der Waals surface area contributed by atoms with Gasteiger partial charge in [0.05, 0.1) is 0 Å². The minimum Gasteiger partial charge on any atom is -0.290 e. The van der Waals surface area contributed by atoms with Gasteiger partial charge >= 0.3 is 0 Å². The van der Waals surface area contributed by atoms with Crippen LogP contribution in [0.3, 0.4) is 0 Å². The molecule has 0 aliphatic rings. The van der Waals surface area contributed by atoms with Crippen molar-refractivity contribution >= 4 is 17.7 Å². The maximum absolute atomic E-state index is 11.5. The first-order chi connectivity index (χ1) is 9.20. The molecule has 0 unspecified atom stereocenters. The maximum Gasteiger partial charge on any atom is 0.265 e. The van der Waals surface area contributed by atoms with Gasteiger partial charge in [-0.05, 0) is 36.2 Å². The molecule has 3 N–H and O–H groups in total. The van der Waals surface area contributed by atoms with E-state index in [0.717, 1.165) is 11.3 Å². The predicted octanol–water partition coefficient (Wildman–Crippen LogP) is 2.89. The van der Waals surface area contributed by atoms with E-state index in [-0.39, 0.29) is 5.91 Å². The summed E-state index contributed by atoms with van der Waals surface area (Å²) in [4.78, 5) is 12.7. The highest BCUT2D eigenvalue weighted by Gasteiger charge is 2.05. The number of thioether (sulfide) groups is 1. The summed E-state index contributed by atoms with van der Waals surface area (Å²) in [6.07, 6.45) is 0. The van der Waals surface area contributed by atoms with Crippen LogP contribution < -0.4 is 11.3 Å². The molecule has 2 rings (SSSR count). The molecular formula is C15H16N2OS. The Kier molecular flexibility index (Phi) is 4.60. The first-order valence-corrected chi connectivity index (χ1v) is 6.97. The van der Waals surface area contributed by atoms with Gasteiger partial charge in [0.2, 0.25) is 0 Å². The highest BCUT2D eigenvalue weighted by molar-refractivity contribution is 7.98. The van der Waals surface area contributed by atoms with Crippen molar-refractivity contribution in [2.75, 3.05) is 0 Å². The standard InChI is InChI=1S/C15H16N2OS/c1-11-5-2-3-8-14(11)19-10-12-6-4-7-13(9-12)15(18)17-16/h2-9H,10,16H2,1H3,(H,17,18). The van der Waals surface area contributed by atoms with Gasteiger partial charge in [0.25, 0.3) is 5.91 Å². The molecule has 0 fully saturated rings. The first-order valence-electron chi connectivity index (χ1n) is 5.99. The molecule has 0 aromatic heterocycles. The lowest BCUT2D eigenvalue weighted by Gasteiger charge is -2.06. The van der Waals surface area contributed by atoms with Gasteiger partial charge in [-0.25, -0.2) is 5.84 Å².